The molecule has 0 radical (unpaired) electrons. The van der Waals surface area contributed by atoms with Crippen molar-refractivity contribution in [2.75, 3.05) is 19.0 Å². The summed E-state index contributed by atoms with van der Waals surface area (Å²) < 4.78 is 2.33. The summed E-state index contributed by atoms with van der Waals surface area (Å²) in [7, 11) is 4.41. The molecule has 2 nitrogen and oxygen atoms in total. The van der Waals surface area contributed by atoms with Crippen molar-refractivity contribution < 1.29 is 17.0 Å². The minimum atomic E-state index is -0.0180. The van der Waals surface area contributed by atoms with Crippen LogP contribution in [-0.4, -0.2) is 30.4 Å². The van der Waals surface area contributed by atoms with Crippen LogP contribution in [0.5, 0.6) is 0 Å². The average Bonchev–Trinajstić information content (AvgIpc) is 3.16. The molecular weight excluding hydrogens is 483 g/mol. The van der Waals surface area contributed by atoms with Gasteiger partial charge in [0, 0.05) is 46.9 Å². The SMILES string of the molecule is CN1c2ccccc2C(C)(C)C1CC=C1CCCC(C=CC2=[N+](C)c3ccccc3C2(C)C)=C1Cl.[Cl-]. The van der Waals surface area contributed by atoms with Crippen molar-refractivity contribution in [3.63, 3.8) is 0 Å². The Bertz CT molecular complexity index is 1290. The highest BCUT2D eigenvalue weighted by atomic mass is 35.5. The first-order valence-electron chi connectivity index (χ1n) is 12.9. The molecule has 0 spiro atoms. The van der Waals surface area contributed by atoms with Crippen molar-refractivity contribution in [1.82, 2.24) is 0 Å². The number of benzene rings is 2. The Labute approximate surface area is 228 Å². The van der Waals surface area contributed by atoms with Crippen molar-refractivity contribution in [2.45, 2.75) is 70.3 Å². The quantitative estimate of drug-likeness (QED) is 0.511. The maximum absolute atomic E-state index is 7.04. The van der Waals surface area contributed by atoms with E-state index in [1.807, 2.05) is 0 Å². The summed E-state index contributed by atoms with van der Waals surface area (Å²) in [5.41, 5.74) is 9.47. The predicted molar refractivity (Wildman–Crippen MR) is 151 cm³/mol. The van der Waals surface area contributed by atoms with E-state index in [1.165, 1.54) is 39.4 Å². The van der Waals surface area contributed by atoms with Gasteiger partial charge in [-0.15, -0.1) is 0 Å². The molecule has 1 unspecified atom stereocenters. The molecule has 5 rings (SSSR count). The van der Waals surface area contributed by atoms with Gasteiger partial charge in [0.2, 0.25) is 5.69 Å². The fourth-order valence-electron chi connectivity index (χ4n) is 6.59. The van der Waals surface area contributed by atoms with Crippen LogP contribution in [0.3, 0.4) is 0 Å². The van der Waals surface area contributed by atoms with E-state index in [1.54, 1.807) is 0 Å². The highest BCUT2D eigenvalue weighted by Gasteiger charge is 2.43. The zero-order valence-corrected chi connectivity index (χ0v) is 23.9. The van der Waals surface area contributed by atoms with Crippen LogP contribution in [0, 0.1) is 0 Å². The van der Waals surface area contributed by atoms with Gasteiger partial charge in [0.15, 0.2) is 5.71 Å². The number of hydrogen-bond donors (Lipinski definition) is 0. The molecule has 36 heavy (non-hydrogen) atoms. The van der Waals surface area contributed by atoms with Crippen LogP contribution in [0.4, 0.5) is 11.4 Å². The zero-order valence-electron chi connectivity index (χ0n) is 22.4. The second-order valence-electron chi connectivity index (χ2n) is 11.4. The Morgan fingerprint density at radius 1 is 0.972 bits per heavy atom. The number of anilines is 1. The van der Waals surface area contributed by atoms with Crippen LogP contribution in [0.1, 0.15) is 64.5 Å². The number of allylic oxidation sites excluding steroid dienone is 5. The lowest BCUT2D eigenvalue weighted by Gasteiger charge is -2.32. The molecule has 0 aromatic heterocycles. The van der Waals surface area contributed by atoms with Gasteiger partial charge >= 0.3 is 0 Å². The van der Waals surface area contributed by atoms with Crippen molar-refractivity contribution >= 4 is 28.7 Å². The molecular formula is C32H38Cl2N2. The first kappa shape index (κ1) is 26.8. The van der Waals surface area contributed by atoms with E-state index in [2.05, 4.69) is 118 Å². The predicted octanol–water partition coefficient (Wildman–Crippen LogP) is 5.04. The van der Waals surface area contributed by atoms with E-state index < -0.39 is 0 Å². The van der Waals surface area contributed by atoms with Gasteiger partial charge < -0.3 is 17.3 Å². The number of halogens is 2. The number of rotatable bonds is 4. The van der Waals surface area contributed by atoms with Crippen molar-refractivity contribution in [3.05, 3.63) is 94.1 Å². The molecule has 1 aliphatic carbocycles. The standard InChI is InChI=1S/C32H38ClN2.ClH/c1-31(2)24-14-7-9-16-26(24)34(5)28(31)20-18-22-12-11-13-23(30(22)33)19-21-29-32(3,4)25-15-8-10-17-27(25)35(29)6;/h7-10,14-20,29H,11-13,21H2,1-6H3;1H/q+1;/p-1. The van der Waals surface area contributed by atoms with Gasteiger partial charge in [-0.1, -0.05) is 74.0 Å². The average molecular weight is 522 g/mol. The van der Waals surface area contributed by atoms with Gasteiger partial charge in [0.25, 0.3) is 0 Å². The molecule has 0 bridgehead atoms. The molecule has 1 atom stereocenters. The first-order valence-corrected chi connectivity index (χ1v) is 13.3. The third-order valence-electron chi connectivity index (χ3n) is 8.71. The summed E-state index contributed by atoms with van der Waals surface area (Å²) in [4.78, 5) is 2.46. The smallest absolute Gasteiger partial charge is 0.209 e. The second kappa shape index (κ2) is 9.88. The molecule has 0 saturated carbocycles. The van der Waals surface area contributed by atoms with Crippen LogP contribution >= 0.6 is 11.6 Å². The Hall–Kier alpha value is -2.29. The number of hydrogen-bond acceptors (Lipinski definition) is 1. The number of fused-ring (bicyclic) bond motifs is 2. The molecule has 190 valence electrons. The van der Waals surface area contributed by atoms with Crippen molar-refractivity contribution in [3.8, 4) is 0 Å². The molecule has 0 amide bonds. The largest absolute Gasteiger partial charge is 1.00 e. The van der Waals surface area contributed by atoms with Crippen LogP contribution in [0.15, 0.2) is 82.9 Å². The van der Waals surface area contributed by atoms with Crippen molar-refractivity contribution in [1.29, 1.82) is 0 Å². The zero-order chi connectivity index (χ0) is 25.0. The summed E-state index contributed by atoms with van der Waals surface area (Å²) in [6.07, 6.45) is 11.2. The van der Waals surface area contributed by atoms with E-state index in [9.17, 15) is 0 Å². The van der Waals surface area contributed by atoms with Crippen LogP contribution in [-0.2, 0) is 10.8 Å². The fourth-order valence-corrected chi connectivity index (χ4v) is 6.92. The van der Waals surface area contributed by atoms with Gasteiger partial charge in [-0.3, -0.25) is 0 Å². The summed E-state index contributed by atoms with van der Waals surface area (Å²) >= 11 is 7.04. The van der Waals surface area contributed by atoms with Gasteiger partial charge in [-0.2, -0.15) is 4.58 Å². The van der Waals surface area contributed by atoms with Gasteiger partial charge in [0.05, 0.1) is 5.41 Å². The van der Waals surface area contributed by atoms with Crippen LogP contribution in [0.25, 0.3) is 0 Å². The van der Waals surface area contributed by atoms with E-state index in [0.717, 1.165) is 30.7 Å². The van der Waals surface area contributed by atoms with Crippen molar-refractivity contribution in [2.24, 2.45) is 0 Å². The maximum Gasteiger partial charge on any atom is 0.209 e. The fraction of sp³-hybridized carbons (Fsp3) is 0.406. The highest BCUT2D eigenvalue weighted by Crippen LogP contribution is 2.46. The third-order valence-corrected chi connectivity index (χ3v) is 9.19. The number of likely N-dealkylation sites (N-methyl/N-ethyl adjacent to an activating group) is 1. The minimum Gasteiger partial charge on any atom is -1.00 e. The Kier molecular flexibility index (Phi) is 7.34. The van der Waals surface area contributed by atoms with E-state index >= 15 is 0 Å². The monoisotopic (exact) mass is 520 g/mol. The van der Waals surface area contributed by atoms with Gasteiger partial charge in [-0.25, -0.2) is 0 Å². The first-order chi connectivity index (χ1) is 16.6. The normalized spacial score (nSPS) is 23.4. The Morgan fingerprint density at radius 3 is 2.33 bits per heavy atom. The third kappa shape index (κ3) is 4.27. The molecule has 3 aliphatic rings. The van der Waals surface area contributed by atoms with E-state index in [4.69, 9.17) is 11.6 Å². The Balaban J connectivity index is 0.00000304. The van der Waals surface area contributed by atoms with E-state index in [-0.39, 0.29) is 23.2 Å². The molecule has 4 heteroatoms. The van der Waals surface area contributed by atoms with Crippen LogP contribution < -0.4 is 17.3 Å². The Morgan fingerprint density at radius 2 is 1.64 bits per heavy atom. The summed E-state index contributed by atoms with van der Waals surface area (Å²) in [6.45, 7) is 9.38. The summed E-state index contributed by atoms with van der Waals surface area (Å²) in [6, 6.07) is 18.0. The lowest BCUT2D eigenvalue weighted by Crippen LogP contribution is -3.00. The molecule has 2 heterocycles. The summed E-state index contributed by atoms with van der Waals surface area (Å²) in [5, 5.41) is 0.958. The van der Waals surface area contributed by atoms with Gasteiger partial charge in [0.1, 0.15) is 7.05 Å². The topological polar surface area (TPSA) is 6.25 Å². The molecule has 0 N–H and O–H groups in total. The molecule has 2 aromatic carbocycles. The summed E-state index contributed by atoms with van der Waals surface area (Å²) in [5.74, 6) is 0. The molecule has 2 aliphatic heterocycles. The second-order valence-corrected chi connectivity index (χ2v) is 11.8. The van der Waals surface area contributed by atoms with Gasteiger partial charge in [-0.05, 0) is 62.3 Å². The number of nitrogens with zero attached hydrogens (tertiary/aromatic N) is 2. The van der Waals surface area contributed by atoms with E-state index in [0.29, 0.717) is 6.04 Å². The maximum atomic E-state index is 7.04. The highest BCUT2D eigenvalue weighted by molar-refractivity contribution is 6.32. The molecule has 0 saturated heterocycles. The van der Waals surface area contributed by atoms with Crippen LogP contribution in [0.2, 0.25) is 0 Å². The number of para-hydroxylation sites is 2. The lowest BCUT2D eigenvalue weighted by atomic mass is 9.78. The minimum absolute atomic E-state index is 0. The molecule has 2 aromatic rings. The lowest BCUT2D eigenvalue weighted by molar-refractivity contribution is -0.401. The molecule has 0 fully saturated rings.